The second kappa shape index (κ2) is 4.85. The maximum absolute atomic E-state index is 11.7. The molecular formula is C12H19NO3. The summed E-state index contributed by atoms with van der Waals surface area (Å²) in [4.78, 5) is 24.6. The molecule has 2 fully saturated rings. The highest BCUT2D eigenvalue weighted by Gasteiger charge is 2.48. The highest BCUT2D eigenvalue weighted by atomic mass is 16.5. The topological polar surface area (TPSA) is 46.6 Å². The van der Waals surface area contributed by atoms with E-state index in [2.05, 4.69) is 0 Å². The zero-order chi connectivity index (χ0) is 11.5. The first kappa shape index (κ1) is 11.4. The lowest BCUT2D eigenvalue weighted by Crippen LogP contribution is -2.62. The molecule has 0 aromatic heterocycles. The zero-order valence-electron chi connectivity index (χ0n) is 9.78. The second-order valence-corrected chi connectivity index (χ2v) is 4.66. The third kappa shape index (κ3) is 2.06. The first-order valence-electron chi connectivity index (χ1n) is 6.20. The van der Waals surface area contributed by atoms with Crippen LogP contribution in [0.2, 0.25) is 0 Å². The van der Waals surface area contributed by atoms with Crippen molar-refractivity contribution in [1.29, 1.82) is 0 Å². The summed E-state index contributed by atoms with van der Waals surface area (Å²) in [6.07, 6.45) is 5.67. The molecule has 2 rings (SSSR count). The number of carbonyl (C=O) groups excluding carboxylic acids is 2. The number of hydrogen-bond acceptors (Lipinski definition) is 3. The summed E-state index contributed by atoms with van der Waals surface area (Å²) in [6, 6.07) is 0.343. The van der Waals surface area contributed by atoms with E-state index in [4.69, 9.17) is 4.74 Å². The summed E-state index contributed by atoms with van der Waals surface area (Å²) >= 11 is 0. The maximum atomic E-state index is 11.7. The molecule has 1 aliphatic carbocycles. The number of nitrogens with zero attached hydrogens (tertiary/aromatic N) is 1. The lowest BCUT2D eigenvalue weighted by atomic mass is 9.76. The van der Waals surface area contributed by atoms with Crippen LogP contribution < -0.4 is 0 Å². The Balaban J connectivity index is 1.78. The number of ether oxygens (including phenoxy) is 1. The minimum Gasteiger partial charge on any atom is -0.444 e. The number of esters is 1. The highest BCUT2D eigenvalue weighted by Crippen LogP contribution is 2.38. The molecule has 4 heteroatoms. The van der Waals surface area contributed by atoms with Crippen LogP contribution in [0, 0.1) is 5.92 Å². The maximum Gasteiger partial charge on any atom is 0.307 e. The van der Waals surface area contributed by atoms with E-state index in [1.54, 1.807) is 4.90 Å². The van der Waals surface area contributed by atoms with Gasteiger partial charge in [0, 0.05) is 12.5 Å². The third-order valence-electron chi connectivity index (χ3n) is 3.55. The van der Waals surface area contributed by atoms with E-state index < -0.39 is 0 Å². The van der Waals surface area contributed by atoms with Crippen LogP contribution >= 0.6 is 0 Å². The van der Waals surface area contributed by atoms with Gasteiger partial charge in [-0.2, -0.15) is 0 Å². The number of carbonyl (C=O) groups is 2. The average molecular weight is 225 g/mol. The Morgan fingerprint density at radius 1 is 1.44 bits per heavy atom. The number of fused-ring (bicyclic) bond motifs is 1. The number of likely N-dealkylation sites (tertiary alicyclic amines) is 1. The van der Waals surface area contributed by atoms with Crippen LogP contribution in [0.15, 0.2) is 0 Å². The molecule has 1 aliphatic heterocycles. The van der Waals surface area contributed by atoms with Gasteiger partial charge in [0.15, 0.2) is 6.73 Å². The third-order valence-corrected chi connectivity index (χ3v) is 3.55. The normalized spacial score (nSPS) is 28.3. The van der Waals surface area contributed by atoms with Gasteiger partial charge in [0.05, 0.1) is 5.92 Å². The molecule has 0 aromatic carbocycles. The standard InChI is InChI=1S/C12H19NO3/c1-2-5-11(14)16-8-13-10-7-4-3-6-9(10)12(13)15/h9-10H,2-8H2,1H3/t9-,10+/m1/s1. The number of rotatable bonds is 4. The Bertz CT molecular complexity index is 290. The molecule has 0 spiro atoms. The van der Waals surface area contributed by atoms with E-state index in [-0.39, 0.29) is 24.5 Å². The van der Waals surface area contributed by atoms with E-state index in [0.29, 0.717) is 12.5 Å². The summed E-state index contributed by atoms with van der Waals surface area (Å²) in [7, 11) is 0. The smallest absolute Gasteiger partial charge is 0.307 e. The summed E-state index contributed by atoms with van der Waals surface area (Å²) in [5.74, 6) is 0.196. The molecule has 0 N–H and O–H groups in total. The molecule has 1 heterocycles. The number of hydrogen-bond donors (Lipinski definition) is 0. The molecule has 2 aliphatic rings. The molecule has 2 atom stereocenters. The van der Waals surface area contributed by atoms with Gasteiger partial charge in [0.2, 0.25) is 5.91 Å². The van der Waals surface area contributed by atoms with Crippen LogP contribution in [-0.2, 0) is 14.3 Å². The molecule has 4 nitrogen and oxygen atoms in total. The fraction of sp³-hybridized carbons (Fsp3) is 0.833. The first-order valence-corrected chi connectivity index (χ1v) is 6.20. The Morgan fingerprint density at radius 3 is 2.94 bits per heavy atom. The fourth-order valence-electron chi connectivity index (χ4n) is 2.64. The molecule has 0 radical (unpaired) electrons. The van der Waals surface area contributed by atoms with Crippen molar-refractivity contribution in [2.45, 2.75) is 51.5 Å². The minimum atomic E-state index is -0.199. The van der Waals surface area contributed by atoms with Crippen molar-refractivity contribution in [2.75, 3.05) is 6.73 Å². The largest absolute Gasteiger partial charge is 0.444 e. The molecule has 0 unspecified atom stereocenters. The zero-order valence-corrected chi connectivity index (χ0v) is 9.78. The lowest BCUT2D eigenvalue weighted by Gasteiger charge is -2.49. The molecule has 90 valence electrons. The Labute approximate surface area is 95.9 Å². The van der Waals surface area contributed by atoms with Gasteiger partial charge in [-0.15, -0.1) is 0 Å². The van der Waals surface area contributed by atoms with Crippen molar-refractivity contribution in [3.63, 3.8) is 0 Å². The second-order valence-electron chi connectivity index (χ2n) is 4.66. The summed E-state index contributed by atoms with van der Waals surface area (Å²) in [6.45, 7) is 2.10. The van der Waals surface area contributed by atoms with Crippen LogP contribution in [-0.4, -0.2) is 29.5 Å². The van der Waals surface area contributed by atoms with Crippen molar-refractivity contribution >= 4 is 11.9 Å². The lowest BCUT2D eigenvalue weighted by molar-refractivity contribution is -0.175. The van der Waals surface area contributed by atoms with E-state index in [9.17, 15) is 9.59 Å². The Kier molecular flexibility index (Phi) is 3.46. The number of β-lactam (4-membered cyclic amide) rings is 1. The van der Waals surface area contributed by atoms with Crippen LogP contribution in [0.1, 0.15) is 45.4 Å². The summed E-state index contributed by atoms with van der Waals surface area (Å²) < 4.78 is 5.07. The van der Waals surface area contributed by atoms with Crippen LogP contribution in [0.4, 0.5) is 0 Å². The van der Waals surface area contributed by atoms with Gasteiger partial charge in [-0.1, -0.05) is 19.8 Å². The summed E-state index contributed by atoms with van der Waals surface area (Å²) in [5.41, 5.74) is 0. The molecular weight excluding hydrogens is 206 g/mol. The van der Waals surface area contributed by atoms with Gasteiger partial charge in [0.25, 0.3) is 0 Å². The van der Waals surface area contributed by atoms with Crippen molar-refractivity contribution in [2.24, 2.45) is 5.92 Å². The quantitative estimate of drug-likeness (QED) is 0.540. The molecule has 16 heavy (non-hydrogen) atoms. The molecule has 1 amide bonds. The predicted octanol–water partition coefficient (Wildman–Crippen LogP) is 1.69. The van der Waals surface area contributed by atoms with E-state index in [1.807, 2.05) is 6.92 Å². The molecule has 0 bridgehead atoms. The highest BCUT2D eigenvalue weighted by molar-refractivity contribution is 5.86. The molecule has 1 saturated heterocycles. The molecule has 1 saturated carbocycles. The Morgan fingerprint density at radius 2 is 2.19 bits per heavy atom. The van der Waals surface area contributed by atoms with Crippen LogP contribution in [0.25, 0.3) is 0 Å². The van der Waals surface area contributed by atoms with Crippen molar-refractivity contribution in [3.8, 4) is 0 Å². The van der Waals surface area contributed by atoms with Gasteiger partial charge in [-0.05, 0) is 19.3 Å². The Hall–Kier alpha value is -1.06. The first-order chi connectivity index (χ1) is 7.74. The van der Waals surface area contributed by atoms with Crippen molar-refractivity contribution in [1.82, 2.24) is 4.90 Å². The van der Waals surface area contributed by atoms with Gasteiger partial charge in [-0.3, -0.25) is 9.59 Å². The average Bonchev–Trinajstić information content (AvgIpc) is 2.29. The van der Waals surface area contributed by atoms with E-state index in [0.717, 1.165) is 25.7 Å². The van der Waals surface area contributed by atoms with E-state index in [1.165, 1.54) is 6.42 Å². The fourth-order valence-corrected chi connectivity index (χ4v) is 2.64. The van der Waals surface area contributed by atoms with Crippen molar-refractivity contribution < 1.29 is 14.3 Å². The van der Waals surface area contributed by atoms with Gasteiger partial charge < -0.3 is 9.64 Å². The van der Waals surface area contributed by atoms with Gasteiger partial charge in [0.1, 0.15) is 0 Å². The van der Waals surface area contributed by atoms with Crippen LogP contribution in [0.5, 0.6) is 0 Å². The number of amides is 1. The summed E-state index contributed by atoms with van der Waals surface area (Å²) in [5, 5.41) is 0. The SMILES string of the molecule is CCCC(=O)OCN1C(=O)[C@@H]2CCCC[C@@H]21. The predicted molar refractivity (Wildman–Crippen MR) is 58.5 cm³/mol. The van der Waals surface area contributed by atoms with E-state index >= 15 is 0 Å². The van der Waals surface area contributed by atoms with Crippen molar-refractivity contribution in [3.05, 3.63) is 0 Å². The monoisotopic (exact) mass is 225 g/mol. The van der Waals surface area contributed by atoms with Crippen LogP contribution in [0.3, 0.4) is 0 Å². The van der Waals surface area contributed by atoms with Gasteiger partial charge in [-0.25, -0.2) is 0 Å². The molecule has 0 aromatic rings. The minimum absolute atomic E-state index is 0.166. The van der Waals surface area contributed by atoms with Gasteiger partial charge >= 0.3 is 5.97 Å².